The molecule has 0 bridgehead atoms. The lowest BCUT2D eigenvalue weighted by atomic mass is 10.00. The van der Waals surface area contributed by atoms with Crippen LogP contribution in [0.2, 0.25) is 0 Å². The zero-order valence-corrected chi connectivity index (χ0v) is 12.0. The van der Waals surface area contributed by atoms with Gasteiger partial charge in [-0.2, -0.15) is 0 Å². The molecule has 1 fully saturated rings. The molecular formula is C16H25FN2. The fourth-order valence-electron chi connectivity index (χ4n) is 2.85. The molecule has 19 heavy (non-hydrogen) atoms. The number of hydrogen-bond acceptors (Lipinski definition) is 2. The van der Waals surface area contributed by atoms with E-state index in [-0.39, 0.29) is 11.9 Å². The van der Waals surface area contributed by atoms with E-state index in [1.807, 2.05) is 12.1 Å². The van der Waals surface area contributed by atoms with Gasteiger partial charge in [0.2, 0.25) is 0 Å². The third-order valence-electron chi connectivity index (χ3n) is 4.12. The number of halogens is 1. The molecule has 1 heterocycles. The van der Waals surface area contributed by atoms with Crippen molar-refractivity contribution in [3.63, 3.8) is 0 Å². The lowest BCUT2D eigenvalue weighted by Crippen LogP contribution is -2.43. The number of hydrogen-bond donors (Lipinski definition) is 1. The number of nitrogens with zero attached hydrogens (tertiary/aromatic N) is 1. The maximum absolute atomic E-state index is 13.8. The van der Waals surface area contributed by atoms with Gasteiger partial charge < -0.3 is 5.32 Å². The van der Waals surface area contributed by atoms with Gasteiger partial charge in [0.1, 0.15) is 5.82 Å². The zero-order valence-electron chi connectivity index (χ0n) is 12.0. The van der Waals surface area contributed by atoms with Crippen molar-refractivity contribution in [2.24, 2.45) is 0 Å². The van der Waals surface area contributed by atoms with Crippen LogP contribution in [-0.2, 0) is 0 Å². The third kappa shape index (κ3) is 3.77. The van der Waals surface area contributed by atoms with Crippen molar-refractivity contribution in [2.45, 2.75) is 45.2 Å². The van der Waals surface area contributed by atoms with Gasteiger partial charge >= 0.3 is 0 Å². The number of likely N-dealkylation sites (tertiary alicyclic amines) is 1. The molecule has 1 aliphatic heterocycles. The largest absolute Gasteiger partial charge is 0.314 e. The first kappa shape index (κ1) is 14.5. The smallest absolute Gasteiger partial charge is 0.127 e. The average molecular weight is 264 g/mol. The van der Waals surface area contributed by atoms with E-state index < -0.39 is 0 Å². The standard InChI is InChI=1S/C16H25FN2/c1-3-10-18-14-8-11-19(12-9-14)13(2)15-6-4-5-7-16(15)17/h4-7,13-14,18H,3,8-12H2,1-2H3. The van der Waals surface area contributed by atoms with Crippen LogP contribution >= 0.6 is 0 Å². The van der Waals surface area contributed by atoms with E-state index in [9.17, 15) is 4.39 Å². The maximum atomic E-state index is 13.8. The molecule has 0 spiro atoms. The first-order chi connectivity index (χ1) is 9.22. The van der Waals surface area contributed by atoms with Crippen molar-refractivity contribution >= 4 is 0 Å². The van der Waals surface area contributed by atoms with Crippen molar-refractivity contribution in [1.82, 2.24) is 10.2 Å². The topological polar surface area (TPSA) is 15.3 Å². The van der Waals surface area contributed by atoms with E-state index in [0.29, 0.717) is 6.04 Å². The van der Waals surface area contributed by atoms with E-state index in [1.165, 1.54) is 19.3 Å². The molecule has 1 aromatic carbocycles. The highest BCUT2D eigenvalue weighted by molar-refractivity contribution is 5.20. The summed E-state index contributed by atoms with van der Waals surface area (Å²) in [6, 6.07) is 7.96. The van der Waals surface area contributed by atoms with Crippen LogP contribution in [0.1, 0.15) is 44.7 Å². The second-order valence-corrected chi connectivity index (χ2v) is 5.46. The summed E-state index contributed by atoms with van der Waals surface area (Å²) < 4.78 is 13.8. The number of nitrogens with one attached hydrogen (secondary N) is 1. The Balaban J connectivity index is 1.89. The molecular weight excluding hydrogens is 239 g/mol. The van der Waals surface area contributed by atoms with Gasteiger partial charge in [-0.1, -0.05) is 25.1 Å². The quantitative estimate of drug-likeness (QED) is 0.877. The van der Waals surface area contributed by atoms with Crippen LogP contribution in [0.25, 0.3) is 0 Å². The Kier molecular flexibility index (Phi) is 5.34. The average Bonchev–Trinajstić information content (AvgIpc) is 2.45. The summed E-state index contributed by atoms with van der Waals surface area (Å²) in [5.74, 6) is -0.0822. The molecule has 0 aliphatic carbocycles. The van der Waals surface area contributed by atoms with Crippen LogP contribution < -0.4 is 5.32 Å². The molecule has 0 radical (unpaired) electrons. The first-order valence-electron chi connectivity index (χ1n) is 7.44. The van der Waals surface area contributed by atoms with Crippen LogP contribution in [0.5, 0.6) is 0 Å². The molecule has 1 aliphatic rings. The normalized spacial score (nSPS) is 19.5. The second kappa shape index (κ2) is 7.01. The summed E-state index contributed by atoms with van der Waals surface area (Å²) in [6.45, 7) is 7.52. The van der Waals surface area contributed by atoms with Gasteiger partial charge in [0, 0.05) is 30.7 Å². The number of rotatable bonds is 5. The summed E-state index contributed by atoms with van der Waals surface area (Å²) >= 11 is 0. The van der Waals surface area contributed by atoms with Crippen LogP contribution in [0.3, 0.4) is 0 Å². The Morgan fingerprint density at radius 3 is 2.63 bits per heavy atom. The molecule has 1 atom stereocenters. The van der Waals surface area contributed by atoms with Gasteiger partial charge in [-0.05, 0) is 38.8 Å². The van der Waals surface area contributed by atoms with Crippen LogP contribution in [0.4, 0.5) is 4.39 Å². The molecule has 1 saturated heterocycles. The third-order valence-corrected chi connectivity index (χ3v) is 4.12. The molecule has 0 aromatic heterocycles. The predicted octanol–water partition coefficient (Wildman–Crippen LogP) is 3.35. The minimum Gasteiger partial charge on any atom is -0.314 e. The van der Waals surface area contributed by atoms with Gasteiger partial charge in [0.05, 0.1) is 0 Å². The van der Waals surface area contributed by atoms with E-state index in [0.717, 1.165) is 25.2 Å². The van der Waals surface area contributed by atoms with E-state index in [1.54, 1.807) is 12.1 Å². The molecule has 0 saturated carbocycles. The van der Waals surface area contributed by atoms with Crippen LogP contribution in [0, 0.1) is 5.82 Å². The van der Waals surface area contributed by atoms with E-state index in [4.69, 9.17) is 0 Å². The first-order valence-corrected chi connectivity index (χ1v) is 7.44. The van der Waals surface area contributed by atoms with Crippen molar-refractivity contribution in [2.75, 3.05) is 19.6 Å². The van der Waals surface area contributed by atoms with Crippen molar-refractivity contribution in [1.29, 1.82) is 0 Å². The Bertz CT molecular complexity index is 386. The Labute approximate surface area is 116 Å². The van der Waals surface area contributed by atoms with Gasteiger partial charge in [0.15, 0.2) is 0 Å². The lowest BCUT2D eigenvalue weighted by Gasteiger charge is -2.36. The lowest BCUT2D eigenvalue weighted by molar-refractivity contribution is 0.150. The SMILES string of the molecule is CCCNC1CCN(C(C)c2ccccc2F)CC1. The second-order valence-electron chi connectivity index (χ2n) is 5.46. The summed E-state index contributed by atoms with van der Waals surface area (Å²) in [7, 11) is 0. The molecule has 2 rings (SSSR count). The Morgan fingerprint density at radius 1 is 1.32 bits per heavy atom. The molecule has 1 aromatic rings. The van der Waals surface area contributed by atoms with Crippen molar-refractivity contribution in [3.8, 4) is 0 Å². The molecule has 0 amide bonds. The highest BCUT2D eigenvalue weighted by Crippen LogP contribution is 2.25. The van der Waals surface area contributed by atoms with Gasteiger partial charge in [0.25, 0.3) is 0 Å². The fraction of sp³-hybridized carbons (Fsp3) is 0.625. The maximum Gasteiger partial charge on any atom is 0.127 e. The Hall–Kier alpha value is -0.930. The van der Waals surface area contributed by atoms with E-state index >= 15 is 0 Å². The predicted molar refractivity (Wildman–Crippen MR) is 77.7 cm³/mol. The van der Waals surface area contributed by atoms with Gasteiger partial charge in [-0.15, -0.1) is 0 Å². The molecule has 106 valence electrons. The Morgan fingerprint density at radius 2 is 2.00 bits per heavy atom. The minimum absolute atomic E-state index is 0.0822. The highest BCUT2D eigenvalue weighted by Gasteiger charge is 2.24. The number of piperidine rings is 1. The minimum atomic E-state index is -0.0822. The highest BCUT2D eigenvalue weighted by atomic mass is 19.1. The number of benzene rings is 1. The van der Waals surface area contributed by atoms with Crippen molar-refractivity contribution < 1.29 is 4.39 Å². The van der Waals surface area contributed by atoms with Crippen LogP contribution in [-0.4, -0.2) is 30.6 Å². The van der Waals surface area contributed by atoms with Gasteiger partial charge in [-0.3, -0.25) is 4.90 Å². The van der Waals surface area contributed by atoms with Crippen LogP contribution in [0.15, 0.2) is 24.3 Å². The summed E-state index contributed by atoms with van der Waals surface area (Å²) in [5.41, 5.74) is 0.822. The zero-order chi connectivity index (χ0) is 13.7. The van der Waals surface area contributed by atoms with Gasteiger partial charge in [-0.25, -0.2) is 4.39 Å². The van der Waals surface area contributed by atoms with Crippen molar-refractivity contribution in [3.05, 3.63) is 35.6 Å². The summed E-state index contributed by atoms with van der Waals surface area (Å²) in [6.07, 6.45) is 3.52. The van der Waals surface area contributed by atoms with E-state index in [2.05, 4.69) is 24.1 Å². The summed E-state index contributed by atoms with van der Waals surface area (Å²) in [4.78, 5) is 2.39. The molecule has 2 nitrogen and oxygen atoms in total. The fourth-order valence-corrected chi connectivity index (χ4v) is 2.85. The summed E-state index contributed by atoms with van der Waals surface area (Å²) in [5, 5.41) is 3.58. The molecule has 3 heteroatoms. The molecule has 1 unspecified atom stereocenters. The monoisotopic (exact) mass is 264 g/mol. The molecule has 1 N–H and O–H groups in total.